The van der Waals surface area contributed by atoms with Crippen molar-refractivity contribution in [2.24, 2.45) is 0 Å². The third-order valence-corrected chi connectivity index (χ3v) is 4.23. The molecule has 0 heterocycles. The lowest BCUT2D eigenvalue weighted by Crippen LogP contribution is -2.00. The van der Waals surface area contributed by atoms with Crippen LogP contribution in [0.15, 0.2) is 69.6 Å². The maximum atomic E-state index is 10.7. The van der Waals surface area contributed by atoms with Crippen LogP contribution in [0.5, 0.6) is 0 Å². The number of rotatable bonds is 2. The van der Waals surface area contributed by atoms with Crippen LogP contribution in [-0.4, -0.2) is 5.11 Å². The van der Waals surface area contributed by atoms with Gasteiger partial charge >= 0.3 is 0 Å². The van der Waals surface area contributed by atoms with Crippen LogP contribution in [-0.2, 0) is 0 Å². The summed E-state index contributed by atoms with van der Waals surface area (Å²) in [6.45, 7) is 0. The largest absolute Gasteiger partial charge is 0.384 e. The number of benzene rings is 3. The van der Waals surface area contributed by atoms with E-state index < -0.39 is 6.10 Å². The molecule has 1 nitrogen and oxygen atoms in total. The third kappa shape index (κ3) is 2.66. The Labute approximate surface area is 134 Å². The summed E-state index contributed by atoms with van der Waals surface area (Å²) in [6, 6.07) is 20.0. The molecule has 0 saturated carbocycles. The van der Waals surface area contributed by atoms with Gasteiger partial charge in [-0.2, -0.15) is 0 Å². The first-order valence-electron chi connectivity index (χ1n) is 6.27. The zero-order chi connectivity index (χ0) is 14.1. The zero-order valence-corrected chi connectivity index (χ0v) is 13.7. The van der Waals surface area contributed by atoms with Crippen LogP contribution in [0.3, 0.4) is 0 Å². The average Bonchev–Trinajstić information content (AvgIpc) is 2.45. The molecule has 1 atom stereocenters. The summed E-state index contributed by atoms with van der Waals surface area (Å²) >= 11 is 6.92. The first-order valence-corrected chi connectivity index (χ1v) is 7.85. The fraction of sp³-hybridized carbons (Fsp3) is 0.0588. The van der Waals surface area contributed by atoms with E-state index in [1.165, 1.54) is 0 Å². The molecule has 0 bridgehead atoms. The van der Waals surface area contributed by atoms with Gasteiger partial charge < -0.3 is 5.11 Å². The van der Waals surface area contributed by atoms with E-state index in [1.54, 1.807) is 0 Å². The van der Waals surface area contributed by atoms with E-state index in [4.69, 9.17) is 0 Å². The van der Waals surface area contributed by atoms with E-state index in [0.29, 0.717) is 0 Å². The van der Waals surface area contributed by atoms with Crippen LogP contribution in [0.25, 0.3) is 10.8 Å². The van der Waals surface area contributed by atoms with Crippen molar-refractivity contribution >= 4 is 42.6 Å². The molecule has 0 fully saturated rings. The first kappa shape index (κ1) is 13.8. The molecule has 1 N–H and O–H groups in total. The molecule has 100 valence electrons. The predicted octanol–water partition coefficient (Wildman–Crippen LogP) is 5.45. The molecular formula is C17H12Br2O. The summed E-state index contributed by atoms with van der Waals surface area (Å²) in [6.07, 6.45) is -0.644. The summed E-state index contributed by atoms with van der Waals surface area (Å²) in [5.74, 6) is 0. The third-order valence-electron chi connectivity index (χ3n) is 3.32. The fourth-order valence-electron chi connectivity index (χ4n) is 2.40. The van der Waals surface area contributed by atoms with Gasteiger partial charge in [-0.3, -0.25) is 0 Å². The second kappa shape index (κ2) is 5.68. The molecule has 0 aromatic heterocycles. The maximum Gasteiger partial charge on any atom is 0.105 e. The Morgan fingerprint density at radius 2 is 1.45 bits per heavy atom. The number of hydrogen-bond donors (Lipinski definition) is 1. The van der Waals surface area contributed by atoms with Crippen molar-refractivity contribution in [3.8, 4) is 0 Å². The van der Waals surface area contributed by atoms with Gasteiger partial charge in [-0.15, -0.1) is 0 Å². The number of aliphatic hydroxyl groups excluding tert-OH is 1. The molecule has 0 radical (unpaired) electrons. The molecule has 0 saturated heterocycles. The molecule has 3 aromatic carbocycles. The summed E-state index contributed by atoms with van der Waals surface area (Å²) in [5.41, 5.74) is 1.79. The van der Waals surface area contributed by atoms with Crippen molar-refractivity contribution in [2.75, 3.05) is 0 Å². The van der Waals surface area contributed by atoms with Gasteiger partial charge in [0.25, 0.3) is 0 Å². The molecule has 3 aromatic rings. The van der Waals surface area contributed by atoms with Crippen molar-refractivity contribution in [1.82, 2.24) is 0 Å². The van der Waals surface area contributed by atoms with Crippen LogP contribution < -0.4 is 0 Å². The van der Waals surface area contributed by atoms with E-state index in [-0.39, 0.29) is 0 Å². The summed E-state index contributed by atoms with van der Waals surface area (Å²) in [7, 11) is 0. The number of hydrogen-bond acceptors (Lipinski definition) is 1. The highest BCUT2D eigenvalue weighted by atomic mass is 79.9. The number of halogens is 2. The molecule has 0 aliphatic rings. The van der Waals surface area contributed by atoms with Gasteiger partial charge in [0.15, 0.2) is 0 Å². The maximum absolute atomic E-state index is 10.7. The van der Waals surface area contributed by atoms with E-state index in [1.807, 2.05) is 48.5 Å². The van der Waals surface area contributed by atoms with Gasteiger partial charge in [-0.1, -0.05) is 74.3 Å². The lowest BCUT2D eigenvalue weighted by molar-refractivity contribution is 0.222. The quantitative estimate of drug-likeness (QED) is 0.616. The lowest BCUT2D eigenvalue weighted by atomic mass is 9.96. The SMILES string of the molecule is OC(c1cc(Br)cc(Br)c1)c1cccc2ccccc12. The minimum Gasteiger partial charge on any atom is -0.384 e. The van der Waals surface area contributed by atoms with E-state index in [0.717, 1.165) is 30.8 Å². The Balaban J connectivity index is 2.15. The van der Waals surface area contributed by atoms with Crippen LogP contribution in [0.2, 0.25) is 0 Å². The van der Waals surface area contributed by atoms with E-state index in [9.17, 15) is 5.11 Å². The summed E-state index contributed by atoms with van der Waals surface area (Å²) < 4.78 is 1.89. The van der Waals surface area contributed by atoms with Gasteiger partial charge in [-0.05, 0) is 40.1 Å². The van der Waals surface area contributed by atoms with Crippen LogP contribution >= 0.6 is 31.9 Å². The lowest BCUT2D eigenvalue weighted by Gasteiger charge is -2.15. The number of aliphatic hydroxyl groups is 1. The molecule has 1 unspecified atom stereocenters. The van der Waals surface area contributed by atoms with Gasteiger partial charge in [0, 0.05) is 8.95 Å². The van der Waals surface area contributed by atoms with Gasteiger partial charge in [-0.25, -0.2) is 0 Å². The highest BCUT2D eigenvalue weighted by molar-refractivity contribution is 9.11. The first-order chi connectivity index (χ1) is 9.65. The number of fused-ring (bicyclic) bond motifs is 1. The van der Waals surface area contributed by atoms with Gasteiger partial charge in [0.05, 0.1) is 0 Å². The molecule has 0 aliphatic carbocycles. The van der Waals surface area contributed by atoms with Gasteiger partial charge in [0.1, 0.15) is 6.10 Å². The van der Waals surface area contributed by atoms with E-state index in [2.05, 4.69) is 44.0 Å². The van der Waals surface area contributed by atoms with Crippen LogP contribution in [0.1, 0.15) is 17.2 Å². The smallest absolute Gasteiger partial charge is 0.105 e. The standard InChI is InChI=1S/C17H12Br2O/c18-13-8-12(9-14(19)10-13)17(20)16-7-3-5-11-4-1-2-6-15(11)16/h1-10,17,20H. The van der Waals surface area contributed by atoms with Gasteiger partial charge in [0.2, 0.25) is 0 Å². The fourth-order valence-corrected chi connectivity index (χ4v) is 3.73. The molecule has 20 heavy (non-hydrogen) atoms. The van der Waals surface area contributed by atoms with E-state index >= 15 is 0 Å². The van der Waals surface area contributed by atoms with Crippen molar-refractivity contribution in [3.05, 3.63) is 80.7 Å². The zero-order valence-electron chi connectivity index (χ0n) is 10.6. The molecule has 3 heteroatoms. The minimum absolute atomic E-state index is 0.644. The molecule has 0 amide bonds. The monoisotopic (exact) mass is 390 g/mol. The Bertz CT molecular complexity index is 742. The Morgan fingerprint density at radius 1 is 0.800 bits per heavy atom. The second-order valence-corrected chi connectivity index (χ2v) is 6.51. The predicted molar refractivity (Wildman–Crippen MR) is 89.9 cm³/mol. The Morgan fingerprint density at radius 3 is 2.20 bits per heavy atom. The Kier molecular flexibility index (Phi) is 3.92. The highest BCUT2D eigenvalue weighted by Gasteiger charge is 2.14. The average molecular weight is 392 g/mol. The second-order valence-electron chi connectivity index (χ2n) is 4.67. The molecule has 3 rings (SSSR count). The Hall–Kier alpha value is -1.16. The summed E-state index contributed by atoms with van der Waals surface area (Å²) in [4.78, 5) is 0. The highest BCUT2D eigenvalue weighted by Crippen LogP contribution is 2.31. The summed E-state index contributed by atoms with van der Waals surface area (Å²) in [5, 5.41) is 12.9. The molecule has 0 aliphatic heterocycles. The molecule has 0 spiro atoms. The van der Waals surface area contributed by atoms with Crippen LogP contribution in [0.4, 0.5) is 0 Å². The van der Waals surface area contributed by atoms with Crippen molar-refractivity contribution in [3.63, 3.8) is 0 Å². The minimum atomic E-state index is -0.644. The van der Waals surface area contributed by atoms with Crippen molar-refractivity contribution < 1.29 is 5.11 Å². The normalized spacial score (nSPS) is 12.6. The van der Waals surface area contributed by atoms with Crippen molar-refractivity contribution in [1.29, 1.82) is 0 Å². The molecular weight excluding hydrogens is 380 g/mol. The van der Waals surface area contributed by atoms with Crippen LogP contribution in [0, 0.1) is 0 Å². The van der Waals surface area contributed by atoms with Crippen molar-refractivity contribution in [2.45, 2.75) is 6.10 Å². The topological polar surface area (TPSA) is 20.2 Å².